The third-order valence-electron chi connectivity index (χ3n) is 4.38. The second kappa shape index (κ2) is 6.88. The van der Waals surface area contributed by atoms with Gasteiger partial charge in [-0.2, -0.15) is 0 Å². The Balaban J connectivity index is 1.51. The zero-order valence-corrected chi connectivity index (χ0v) is 14.5. The Bertz CT molecular complexity index is 719. The van der Waals surface area contributed by atoms with E-state index in [2.05, 4.69) is 5.32 Å². The van der Waals surface area contributed by atoms with Gasteiger partial charge in [0.25, 0.3) is 0 Å². The molecule has 1 atom stereocenters. The van der Waals surface area contributed by atoms with Crippen LogP contribution in [0.25, 0.3) is 0 Å². The van der Waals surface area contributed by atoms with E-state index >= 15 is 0 Å². The highest BCUT2D eigenvalue weighted by Gasteiger charge is 2.33. The van der Waals surface area contributed by atoms with Crippen molar-refractivity contribution >= 4 is 15.9 Å². The van der Waals surface area contributed by atoms with Gasteiger partial charge in [-0.05, 0) is 37.5 Å². The van der Waals surface area contributed by atoms with E-state index in [1.807, 2.05) is 25.1 Å². The molecule has 1 N–H and O–H groups in total. The Morgan fingerprint density at radius 1 is 1.33 bits per heavy atom. The van der Waals surface area contributed by atoms with Gasteiger partial charge in [-0.25, -0.2) is 13.2 Å². The molecule has 3 rings (SSSR count). The molecule has 2 aliphatic rings. The summed E-state index contributed by atoms with van der Waals surface area (Å²) in [7, 11) is -3.00. The van der Waals surface area contributed by atoms with E-state index in [-0.39, 0.29) is 30.4 Å². The summed E-state index contributed by atoms with van der Waals surface area (Å²) in [5.41, 5.74) is 1.05. The number of hydrogen-bond donors (Lipinski definition) is 1. The average Bonchev–Trinajstić information content (AvgIpc) is 3.14. The van der Waals surface area contributed by atoms with Crippen LogP contribution in [0.4, 0.5) is 4.79 Å². The van der Waals surface area contributed by atoms with Crippen LogP contribution in [0.5, 0.6) is 11.5 Å². The van der Waals surface area contributed by atoms with Gasteiger partial charge in [0.15, 0.2) is 21.3 Å². The predicted molar refractivity (Wildman–Crippen MR) is 89.1 cm³/mol. The maximum Gasteiger partial charge on any atom is 0.317 e. The monoisotopic (exact) mass is 354 g/mol. The highest BCUT2D eigenvalue weighted by Crippen LogP contribution is 2.32. The molecule has 0 aromatic heterocycles. The van der Waals surface area contributed by atoms with Crippen molar-refractivity contribution in [3.8, 4) is 11.5 Å². The molecule has 132 valence electrons. The summed E-state index contributed by atoms with van der Waals surface area (Å²) in [6.07, 6.45) is 1.19. The van der Waals surface area contributed by atoms with Crippen molar-refractivity contribution < 1.29 is 22.7 Å². The molecule has 2 heterocycles. The van der Waals surface area contributed by atoms with Crippen LogP contribution in [0.3, 0.4) is 0 Å². The van der Waals surface area contributed by atoms with E-state index in [1.54, 1.807) is 4.90 Å². The topological polar surface area (TPSA) is 84.9 Å². The van der Waals surface area contributed by atoms with Gasteiger partial charge in [0.1, 0.15) is 0 Å². The normalized spacial score (nSPS) is 20.8. The van der Waals surface area contributed by atoms with E-state index in [0.29, 0.717) is 25.9 Å². The van der Waals surface area contributed by atoms with Crippen LogP contribution < -0.4 is 14.8 Å². The molecular weight excluding hydrogens is 332 g/mol. The number of amides is 2. The first-order valence-corrected chi connectivity index (χ1v) is 9.94. The number of fused-ring (bicyclic) bond motifs is 1. The fourth-order valence-electron chi connectivity index (χ4n) is 3.10. The van der Waals surface area contributed by atoms with E-state index in [1.165, 1.54) is 0 Å². The van der Waals surface area contributed by atoms with Crippen LogP contribution in [0.2, 0.25) is 0 Å². The number of benzene rings is 1. The Hall–Kier alpha value is -1.96. The van der Waals surface area contributed by atoms with Crippen molar-refractivity contribution in [2.75, 3.05) is 31.4 Å². The number of rotatable bonds is 5. The molecule has 0 spiro atoms. The van der Waals surface area contributed by atoms with Crippen molar-refractivity contribution in [1.29, 1.82) is 0 Å². The summed E-state index contributed by atoms with van der Waals surface area (Å²) < 4.78 is 33.8. The van der Waals surface area contributed by atoms with Crippen LogP contribution in [0, 0.1) is 0 Å². The molecule has 7 nitrogen and oxygen atoms in total. The maximum atomic E-state index is 12.3. The second-order valence-corrected chi connectivity index (χ2v) is 8.24. The largest absolute Gasteiger partial charge is 0.454 e. The first-order valence-electron chi connectivity index (χ1n) is 8.12. The summed E-state index contributed by atoms with van der Waals surface area (Å²) in [5, 5.41) is 2.87. The highest BCUT2D eigenvalue weighted by molar-refractivity contribution is 7.91. The number of nitrogens with one attached hydrogen (secondary N) is 1. The molecule has 0 bridgehead atoms. The number of hydrogen-bond acceptors (Lipinski definition) is 5. The van der Waals surface area contributed by atoms with Gasteiger partial charge in [0.05, 0.1) is 11.5 Å². The lowest BCUT2D eigenvalue weighted by atomic mass is 10.1. The molecule has 0 aliphatic carbocycles. The summed E-state index contributed by atoms with van der Waals surface area (Å²) in [6, 6.07) is 5.29. The fraction of sp³-hybridized carbons (Fsp3) is 0.562. The fourth-order valence-corrected chi connectivity index (χ4v) is 4.83. The third kappa shape index (κ3) is 3.75. The van der Waals surface area contributed by atoms with Crippen molar-refractivity contribution in [3.05, 3.63) is 23.8 Å². The molecule has 1 saturated heterocycles. The minimum absolute atomic E-state index is 0.0659. The van der Waals surface area contributed by atoms with Crippen molar-refractivity contribution in [3.63, 3.8) is 0 Å². The van der Waals surface area contributed by atoms with Crippen LogP contribution in [0.15, 0.2) is 18.2 Å². The first kappa shape index (κ1) is 16.9. The molecule has 8 heteroatoms. The maximum absolute atomic E-state index is 12.3. The van der Waals surface area contributed by atoms with Gasteiger partial charge in [-0.15, -0.1) is 0 Å². The van der Waals surface area contributed by atoms with Crippen molar-refractivity contribution in [1.82, 2.24) is 10.2 Å². The van der Waals surface area contributed by atoms with E-state index in [9.17, 15) is 13.2 Å². The summed E-state index contributed by atoms with van der Waals surface area (Å²) >= 11 is 0. The van der Waals surface area contributed by atoms with Crippen LogP contribution >= 0.6 is 0 Å². The van der Waals surface area contributed by atoms with Gasteiger partial charge in [-0.3, -0.25) is 0 Å². The van der Waals surface area contributed by atoms with Crippen LogP contribution in [-0.4, -0.2) is 56.8 Å². The zero-order valence-electron chi connectivity index (χ0n) is 13.7. The smallest absolute Gasteiger partial charge is 0.317 e. The summed E-state index contributed by atoms with van der Waals surface area (Å²) in [4.78, 5) is 13.9. The molecule has 0 radical (unpaired) electrons. The lowest BCUT2D eigenvalue weighted by molar-refractivity contribution is 0.174. The lowest BCUT2D eigenvalue weighted by Crippen LogP contribution is -2.47. The van der Waals surface area contributed by atoms with Gasteiger partial charge in [0, 0.05) is 19.1 Å². The molecule has 1 fully saturated rings. The first-order chi connectivity index (χ1) is 11.5. The third-order valence-corrected chi connectivity index (χ3v) is 6.13. The minimum atomic E-state index is -3.00. The Morgan fingerprint density at radius 3 is 2.83 bits per heavy atom. The van der Waals surface area contributed by atoms with E-state index in [4.69, 9.17) is 9.47 Å². The number of nitrogens with zero attached hydrogens (tertiary/aromatic N) is 1. The highest BCUT2D eigenvalue weighted by atomic mass is 32.2. The van der Waals surface area contributed by atoms with Crippen LogP contribution in [0.1, 0.15) is 18.9 Å². The minimum Gasteiger partial charge on any atom is -0.454 e. The predicted octanol–water partition coefficient (Wildman–Crippen LogP) is 1.18. The molecule has 2 amide bonds. The number of urea groups is 1. The molecule has 1 aromatic rings. The van der Waals surface area contributed by atoms with E-state index < -0.39 is 9.84 Å². The molecule has 24 heavy (non-hydrogen) atoms. The number of ether oxygens (including phenoxy) is 2. The molecule has 1 aromatic carbocycles. The number of sulfone groups is 1. The van der Waals surface area contributed by atoms with Gasteiger partial charge < -0.3 is 19.7 Å². The number of carbonyl (C=O) groups is 1. The summed E-state index contributed by atoms with van der Waals surface area (Å²) in [5.74, 6) is 1.70. The molecule has 1 unspecified atom stereocenters. The van der Waals surface area contributed by atoms with Gasteiger partial charge >= 0.3 is 6.03 Å². The quantitative estimate of drug-likeness (QED) is 0.858. The Morgan fingerprint density at radius 2 is 2.12 bits per heavy atom. The number of carbonyl (C=O) groups excluding carboxylic acids is 1. The molecule has 0 saturated carbocycles. The zero-order chi connectivity index (χ0) is 17.2. The van der Waals surface area contributed by atoms with Gasteiger partial charge in [-0.1, -0.05) is 6.07 Å². The Labute approximate surface area is 141 Å². The average molecular weight is 354 g/mol. The van der Waals surface area contributed by atoms with Gasteiger partial charge in [0.2, 0.25) is 6.79 Å². The summed E-state index contributed by atoms with van der Waals surface area (Å²) in [6.45, 7) is 3.08. The molecule has 2 aliphatic heterocycles. The van der Waals surface area contributed by atoms with Crippen molar-refractivity contribution in [2.45, 2.75) is 25.8 Å². The molecular formula is C16H22N2O5S. The van der Waals surface area contributed by atoms with Crippen molar-refractivity contribution in [2.24, 2.45) is 0 Å². The lowest BCUT2D eigenvalue weighted by Gasteiger charge is -2.27. The SMILES string of the molecule is CCN(C(=O)NCCc1ccc2c(c1)OCO2)C1CCS(=O)(=O)C1. The second-order valence-electron chi connectivity index (χ2n) is 6.01. The standard InChI is InChI=1S/C16H22N2O5S/c1-2-18(13-6-8-24(20,21)10-13)16(19)17-7-5-12-3-4-14-15(9-12)23-11-22-14/h3-4,9,13H,2,5-8,10-11H2,1H3,(H,17,19). The van der Waals surface area contributed by atoms with Crippen LogP contribution in [-0.2, 0) is 16.3 Å². The van der Waals surface area contributed by atoms with E-state index in [0.717, 1.165) is 17.1 Å². The Kier molecular flexibility index (Phi) is 4.84.